The first-order valence-corrected chi connectivity index (χ1v) is 6.45. The van der Waals surface area contributed by atoms with E-state index in [1.165, 1.54) is 5.69 Å². The van der Waals surface area contributed by atoms with Crippen LogP contribution in [0.3, 0.4) is 0 Å². The predicted molar refractivity (Wildman–Crippen MR) is 72.7 cm³/mol. The third kappa shape index (κ3) is 2.43. The Bertz CT molecular complexity index is 511. The summed E-state index contributed by atoms with van der Waals surface area (Å²) in [5.41, 5.74) is 9.15. The Morgan fingerprint density at radius 1 is 1.28 bits per heavy atom. The fourth-order valence-corrected chi connectivity index (χ4v) is 1.89. The molecular weight excluding hydrogens is 224 g/mol. The van der Waals surface area contributed by atoms with Crippen LogP contribution in [0.15, 0.2) is 24.4 Å². The summed E-state index contributed by atoms with van der Waals surface area (Å²) in [5, 5.41) is 4.57. The SMILES string of the molecule is CCc1cc(CC)n(-c2ccc(C(C)N)cn2)n1. The Morgan fingerprint density at radius 2 is 2.06 bits per heavy atom. The van der Waals surface area contributed by atoms with Crippen molar-refractivity contribution in [2.75, 3.05) is 0 Å². The quantitative estimate of drug-likeness (QED) is 0.898. The molecule has 2 N–H and O–H groups in total. The lowest BCUT2D eigenvalue weighted by Gasteiger charge is -2.08. The zero-order valence-corrected chi connectivity index (χ0v) is 11.2. The molecule has 4 nitrogen and oxygen atoms in total. The molecule has 96 valence electrons. The van der Waals surface area contributed by atoms with Gasteiger partial charge in [-0.15, -0.1) is 0 Å². The van der Waals surface area contributed by atoms with Crippen LogP contribution in [0.4, 0.5) is 0 Å². The molecule has 0 aliphatic heterocycles. The van der Waals surface area contributed by atoms with Gasteiger partial charge in [-0.25, -0.2) is 9.67 Å². The fraction of sp³-hybridized carbons (Fsp3) is 0.429. The van der Waals surface area contributed by atoms with E-state index in [0.717, 1.165) is 29.9 Å². The molecule has 0 fully saturated rings. The van der Waals surface area contributed by atoms with Gasteiger partial charge in [0.05, 0.1) is 5.69 Å². The van der Waals surface area contributed by atoms with Gasteiger partial charge in [0.2, 0.25) is 0 Å². The first-order chi connectivity index (χ1) is 8.65. The highest BCUT2D eigenvalue weighted by molar-refractivity contribution is 5.29. The molecule has 4 heteroatoms. The standard InChI is InChI=1S/C14H20N4/c1-4-12-8-13(5-2)18(17-12)14-7-6-11(9-16-14)10(3)15/h6-10H,4-5,15H2,1-3H3. The number of aryl methyl sites for hydroxylation is 2. The van der Waals surface area contributed by atoms with E-state index >= 15 is 0 Å². The van der Waals surface area contributed by atoms with E-state index in [1.807, 2.05) is 29.9 Å². The summed E-state index contributed by atoms with van der Waals surface area (Å²) >= 11 is 0. The van der Waals surface area contributed by atoms with E-state index < -0.39 is 0 Å². The summed E-state index contributed by atoms with van der Waals surface area (Å²) in [5.74, 6) is 0.857. The van der Waals surface area contributed by atoms with Gasteiger partial charge < -0.3 is 5.73 Å². The predicted octanol–water partition coefficient (Wildman–Crippen LogP) is 2.41. The van der Waals surface area contributed by atoms with Crippen LogP contribution in [-0.2, 0) is 12.8 Å². The molecule has 2 aromatic heterocycles. The minimum atomic E-state index is 0.0148. The molecule has 2 rings (SSSR count). The second kappa shape index (κ2) is 5.31. The van der Waals surface area contributed by atoms with Gasteiger partial charge in [0.1, 0.15) is 0 Å². The Balaban J connectivity index is 2.38. The maximum atomic E-state index is 5.82. The number of nitrogens with two attached hydrogens (primary N) is 1. The topological polar surface area (TPSA) is 56.7 Å². The van der Waals surface area contributed by atoms with Crippen LogP contribution in [-0.4, -0.2) is 14.8 Å². The summed E-state index contributed by atoms with van der Waals surface area (Å²) in [6.07, 6.45) is 3.72. The maximum absolute atomic E-state index is 5.82. The normalized spacial score (nSPS) is 12.7. The van der Waals surface area contributed by atoms with Crippen molar-refractivity contribution in [2.24, 2.45) is 5.73 Å². The molecule has 0 aromatic carbocycles. The second-order valence-corrected chi connectivity index (χ2v) is 4.48. The second-order valence-electron chi connectivity index (χ2n) is 4.48. The Morgan fingerprint density at radius 3 is 2.56 bits per heavy atom. The van der Waals surface area contributed by atoms with Crippen LogP contribution in [0.25, 0.3) is 5.82 Å². The molecule has 0 aliphatic carbocycles. The number of hydrogen-bond acceptors (Lipinski definition) is 3. The first kappa shape index (κ1) is 12.8. The van der Waals surface area contributed by atoms with Gasteiger partial charge in [-0.05, 0) is 37.5 Å². The zero-order chi connectivity index (χ0) is 13.1. The summed E-state index contributed by atoms with van der Waals surface area (Å²) in [6, 6.07) is 6.14. The lowest BCUT2D eigenvalue weighted by Crippen LogP contribution is -2.08. The minimum absolute atomic E-state index is 0.0148. The van der Waals surface area contributed by atoms with Crippen LogP contribution < -0.4 is 5.73 Å². The van der Waals surface area contributed by atoms with Crippen molar-refractivity contribution < 1.29 is 0 Å². The summed E-state index contributed by atoms with van der Waals surface area (Å²) < 4.78 is 1.92. The maximum Gasteiger partial charge on any atom is 0.153 e. The van der Waals surface area contributed by atoms with Gasteiger partial charge in [-0.2, -0.15) is 5.10 Å². The molecule has 0 saturated heterocycles. The van der Waals surface area contributed by atoms with Gasteiger partial charge in [0, 0.05) is 17.9 Å². The molecule has 0 spiro atoms. The number of hydrogen-bond donors (Lipinski definition) is 1. The van der Waals surface area contributed by atoms with Crippen molar-refractivity contribution in [3.8, 4) is 5.82 Å². The molecule has 0 amide bonds. The summed E-state index contributed by atoms with van der Waals surface area (Å²) in [4.78, 5) is 4.45. The van der Waals surface area contributed by atoms with Gasteiger partial charge in [0.25, 0.3) is 0 Å². The minimum Gasteiger partial charge on any atom is -0.324 e. The number of rotatable bonds is 4. The van der Waals surface area contributed by atoms with Crippen molar-refractivity contribution in [3.05, 3.63) is 41.3 Å². The largest absolute Gasteiger partial charge is 0.324 e. The van der Waals surface area contributed by atoms with Crippen LogP contribution >= 0.6 is 0 Å². The molecule has 0 radical (unpaired) electrons. The molecule has 2 heterocycles. The lowest BCUT2D eigenvalue weighted by atomic mass is 10.1. The highest BCUT2D eigenvalue weighted by atomic mass is 15.3. The van der Waals surface area contributed by atoms with E-state index in [9.17, 15) is 0 Å². The fourth-order valence-electron chi connectivity index (χ4n) is 1.89. The lowest BCUT2D eigenvalue weighted by molar-refractivity contribution is 0.761. The summed E-state index contributed by atoms with van der Waals surface area (Å²) in [6.45, 7) is 6.19. The molecule has 18 heavy (non-hydrogen) atoms. The van der Waals surface area contributed by atoms with Gasteiger partial charge in [0.15, 0.2) is 5.82 Å². The number of pyridine rings is 1. The van der Waals surface area contributed by atoms with E-state index in [0.29, 0.717) is 0 Å². The average molecular weight is 244 g/mol. The monoisotopic (exact) mass is 244 g/mol. The van der Waals surface area contributed by atoms with Gasteiger partial charge >= 0.3 is 0 Å². The van der Waals surface area contributed by atoms with Gasteiger partial charge in [-0.1, -0.05) is 19.9 Å². The molecule has 0 saturated carbocycles. The third-order valence-electron chi connectivity index (χ3n) is 3.07. The average Bonchev–Trinajstić information content (AvgIpc) is 2.82. The van der Waals surface area contributed by atoms with Crippen LogP contribution in [0.1, 0.15) is 43.8 Å². The Hall–Kier alpha value is -1.68. The first-order valence-electron chi connectivity index (χ1n) is 6.45. The Labute approximate surface area is 108 Å². The molecule has 1 atom stereocenters. The smallest absolute Gasteiger partial charge is 0.153 e. The number of aromatic nitrogens is 3. The highest BCUT2D eigenvalue weighted by Gasteiger charge is 2.08. The molecule has 0 aliphatic rings. The molecule has 0 bridgehead atoms. The molecule has 1 unspecified atom stereocenters. The van der Waals surface area contributed by atoms with Crippen molar-refractivity contribution in [1.82, 2.24) is 14.8 Å². The van der Waals surface area contributed by atoms with E-state index in [1.54, 1.807) is 0 Å². The summed E-state index contributed by atoms with van der Waals surface area (Å²) in [7, 11) is 0. The Kier molecular flexibility index (Phi) is 3.77. The van der Waals surface area contributed by atoms with Crippen molar-refractivity contribution in [2.45, 2.75) is 39.7 Å². The molecular formula is C14H20N4. The van der Waals surface area contributed by atoms with Gasteiger partial charge in [-0.3, -0.25) is 0 Å². The van der Waals surface area contributed by atoms with E-state index in [4.69, 9.17) is 5.73 Å². The highest BCUT2D eigenvalue weighted by Crippen LogP contribution is 2.14. The number of nitrogens with zero attached hydrogens (tertiary/aromatic N) is 3. The van der Waals surface area contributed by atoms with Crippen LogP contribution in [0.2, 0.25) is 0 Å². The van der Waals surface area contributed by atoms with Crippen LogP contribution in [0.5, 0.6) is 0 Å². The van der Waals surface area contributed by atoms with Crippen molar-refractivity contribution >= 4 is 0 Å². The van der Waals surface area contributed by atoms with Crippen LogP contribution in [0, 0.1) is 0 Å². The zero-order valence-electron chi connectivity index (χ0n) is 11.2. The van der Waals surface area contributed by atoms with Crippen molar-refractivity contribution in [1.29, 1.82) is 0 Å². The van der Waals surface area contributed by atoms with Crippen molar-refractivity contribution in [3.63, 3.8) is 0 Å². The van der Waals surface area contributed by atoms with E-state index in [-0.39, 0.29) is 6.04 Å². The van der Waals surface area contributed by atoms with E-state index in [2.05, 4.69) is 30.0 Å². The molecule has 2 aromatic rings. The third-order valence-corrected chi connectivity index (χ3v) is 3.07.